The minimum Gasteiger partial charge on any atom is -0.496 e. The number of primary amides is 1. The molecule has 0 aromatic heterocycles. The highest BCUT2D eigenvalue weighted by Crippen LogP contribution is 2.26. The first-order valence-corrected chi connectivity index (χ1v) is 5.67. The van der Waals surface area contributed by atoms with Gasteiger partial charge in [0.2, 0.25) is 5.91 Å². The van der Waals surface area contributed by atoms with Gasteiger partial charge in [-0.3, -0.25) is 9.59 Å². The molecule has 0 aliphatic heterocycles. The largest absolute Gasteiger partial charge is 0.496 e. The summed E-state index contributed by atoms with van der Waals surface area (Å²) in [5.74, 6) is -1.77. The number of carbonyl (C=O) groups is 2. The van der Waals surface area contributed by atoms with Crippen LogP contribution in [0.25, 0.3) is 0 Å². The first kappa shape index (κ1) is 14.0. The Labute approximate surface area is 106 Å². The van der Waals surface area contributed by atoms with Gasteiger partial charge in [-0.1, -0.05) is 19.1 Å². The molecule has 1 rings (SSSR count). The highest BCUT2D eigenvalue weighted by molar-refractivity contribution is 5.86. The number of aryl methyl sites for hydroxylation is 1. The van der Waals surface area contributed by atoms with E-state index in [2.05, 4.69) is 0 Å². The topological polar surface area (TPSA) is 89.6 Å². The summed E-state index contributed by atoms with van der Waals surface area (Å²) in [7, 11) is 1.57. The molecular formula is C13H17NO4. The number of hydrogen-bond acceptors (Lipinski definition) is 3. The molecule has 1 aromatic rings. The van der Waals surface area contributed by atoms with Gasteiger partial charge in [0, 0.05) is 0 Å². The minimum absolute atomic E-state index is 0.301. The fraction of sp³-hybridized carbons (Fsp3) is 0.385. The number of ether oxygens (including phenoxy) is 1. The van der Waals surface area contributed by atoms with E-state index >= 15 is 0 Å². The van der Waals surface area contributed by atoms with Crippen molar-refractivity contribution in [2.24, 2.45) is 5.73 Å². The zero-order valence-electron chi connectivity index (χ0n) is 10.5. The smallest absolute Gasteiger partial charge is 0.304 e. The lowest BCUT2D eigenvalue weighted by Gasteiger charge is -2.14. The molecule has 0 aliphatic carbocycles. The van der Waals surface area contributed by atoms with Gasteiger partial charge in [0.25, 0.3) is 0 Å². The van der Waals surface area contributed by atoms with Crippen molar-refractivity contribution in [3.8, 4) is 5.75 Å². The summed E-state index contributed by atoms with van der Waals surface area (Å²) < 4.78 is 5.18. The van der Waals surface area contributed by atoms with Crippen molar-refractivity contribution in [1.29, 1.82) is 0 Å². The van der Waals surface area contributed by atoms with Crippen LogP contribution in [0.3, 0.4) is 0 Å². The molecule has 1 unspecified atom stereocenters. The molecule has 0 bridgehead atoms. The fourth-order valence-electron chi connectivity index (χ4n) is 1.85. The quantitative estimate of drug-likeness (QED) is 0.797. The predicted molar refractivity (Wildman–Crippen MR) is 66.6 cm³/mol. The van der Waals surface area contributed by atoms with Crippen LogP contribution in [0.1, 0.15) is 30.4 Å². The lowest BCUT2D eigenvalue weighted by Crippen LogP contribution is -2.24. The number of rotatable bonds is 6. The second-order valence-corrected chi connectivity index (χ2v) is 3.98. The first-order chi connectivity index (χ1) is 8.49. The fourth-order valence-corrected chi connectivity index (χ4v) is 1.85. The van der Waals surface area contributed by atoms with E-state index in [0.717, 1.165) is 17.7 Å². The van der Waals surface area contributed by atoms with Crippen molar-refractivity contribution in [1.82, 2.24) is 0 Å². The van der Waals surface area contributed by atoms with Gasteiger partial charge in [-0.15, -0.1) is 0 Å². The molecule has 0 aliphatic rings. The third-order valence-electron chi connectivity index (χ3n) is 2.81. The van der Waals surface area contributed by atoms with Crippen LogP contribution in [-0.2, 0) is 16.0 Å². The Kier molecular flexibility index (Phi) is 4.71. The third-order valence-corrected chi connectivity index (χ3v) is 2.81. The van der Waals surface area contributed by atoms with Crippen molar-refractivity contribution >= 4 is 11.9 Å². The van der Waals surface area contributed by atoms with Gasteiger partial charge in [0.1, 0.15) is 5.75 Å². The Hall–Kier alpha value is -2.04. The van der Waals surface area contributed by atoms with Crippen LogP contribution in [0.15, 0.2) is 18.2 Å². The molecule has 0 fully saturated rings. The average Bonchev–Trinajstić information content (AvgIpc) is 2.34. The molecule has 0 saturated carbocycles. The number of amides is 1. The van der Waals surface area contributed by atoms with Crippen LogP contribution in [0, 0.1) is 0 Å². The molecule has 0 saturated heterocycles. The van der Waals surface area contributed by atoms with Crippen LogP contribution >= 0.6 is 0 Å². The van der Waals surface area contributed by atoms with Gasteiger partial charge in [0.05, 0.1) is 19.4 Å². The summed E-state index contributed by atoms with van der Waals surface area (Å²) in [5, 5.41) is 8.79. The van der Waals surface area contributed by atoms with Gasteiger partial charge in [0.15, 0.2) is 0 Å². The van der Waals surface area contributed by atoms with Gasteiger partial charge in [-0.05, 0) is 23.6 Å². The highest BCUT2D eigenvalue weighted by Gasteiger charge is 2.22. The summed E-state index contributed by atoms with van der Waals surface area (Å²) in [6, 6.07) is 5.18. The Bertz CT molecular complexity index is 456. The van der Waals surface area contributed by atoms with E-state index in [-0.39, 0.29) is 6.42 Å². The number of nitrogens with two attached hydrogens (primary N) is 1. The van der Waals surface area contributed by atoms with E-state index in [1.165, 1.54) is 0 Å². The molecular weight excluding hydrogens is 234 g/mol. The highest BCUT2D eigenvalue weighted by atomic mass is 16.5. The molecule has 1 amide bonds. The van der Waals surface area contributed by atoms with Crippen LogP contribution < -0.4 is 10.5 Å². The summed E-state index contributed by atoms with van der Waals surface area (Å²) in [4.78, 5) is 22.0. The van der Waals surface area contributed by atoms with Gasteiger partial charge >= 0.3 is 5.97 Å². The molecule has 3 N–H and O–H groups in total. The van der Waals surface area contributed by atoms with E-state index < -0.39 is 17.8 Å². The van der Waals surface area contributed by atoms with E-state index in [4.69, 9.17) is 15.6 Å². The van der Waals surface area contributed by atoms with Crippen LogP contribution in [0.2, 0.25) is 0 Å². The van der Waals surface area contributed by atoms with Crippen LogP contribution in [-0.4, -0.2) is 24.1 Å². The van der Waals surface area contributed by atoms with E-state index in [1.54, 1.807) is 25.3 Å². The zero-order chi connectivity index (χ0) is 13.7. The SMILES string of the molecule is CCc1cc(C(CC(=O)O)C(N)=O)ccc1OC. The molecule has 18 heavy (non-hydrogen) atoms. The summed E-state index contributed by atoms with van der Waals surface area (Å²) in [6.45, 7) is 1.96. The molecule has 1 atom stereocenters. The normalized spacial score (nSPS) is 11.9. The minimum atomic E-state index is -1.05. The second-order valence-electron chi connectivity index (χ2n) is 3.98. The number of carboxylic acid groups (broad SMARTS) is 1. The molecule has 0 spiro atoms. The first-order valence-electron chi connectivity index (χ1n) is 5.67. The molecule has 5 heteroatoms. The summed E-state index contributed by atoms with van der Waals surface area (Å²) in [6.07, 6.45) is 0.431. The van der Waals surface area contributed by atoms with Gasteiger partial charge in [-0.2, -0.15) is 0 Å². The average molecular weight is 251 g/mol. The van der Waals surface area contributed by atoms with Crippen molar-refractivity contribution in [3.05, 3.63) is 29.3 Å². The number of benzene rings is 1. The Morgan fingerprint density at radius 1 is 1.44 bits per heavy atom. The summed E-state index contributed by atoms with van der Waals surface area (Å²) >= 11 is 0. The van der Waals surface area contributed by atoms with Gasteiger partial charge < -0.3 is 15.6 Å². The molecule has 0 heterocycles. The summed E-state index contributed by atoms with van der Waals surface area (Å²) in [5.41, 5.74) is 6.78. The van der Waals surface area contributed by atoms with E-state index in [9.17, 15) is 9.59 Å². The maximum atomic E-state index is 11.3. The van der Waals surface area contributed by atoms with Crippen molar-refractivity contribution in [2.45, 2.75) is 25.7 Å². The maximum Gasteiger partial charge on any atom is 0.304 e. The van der Waals surface area contributed by atoms with Gasteiger partial charge in [-0.25, -0.2) is 0 Å². The zero-order valence-corrected chi connectivity index (χ0v) is 10.5. The third kappa shape index (κ3) is 3.23. The number of aliphatic carboxylic acids is 1. The second kappa shape index (κ2) is 6.05. The lowest BCUT2D eigenvalue weighted by atomic mass is 9.93. The Morgan fingerprint density at radius 2 is 2.11 bits per heavy atom. The van der Waals surface area contributed by atoms with Crippen LogP contribution in [0.5, 0.6) is 5.75 Å². The van der Waals surface area contributed by atoms with Crippen molar-refractivity contribution < 1.29 is 19.4 Å². The van der Waals surface area contributed by atoms with Crippen molar-refractivity contribution in [2.75, 3.05) is 7.11 Å². The predicted octanol–water partition coefficient (Wildman–Crippen LogP) is 1.30. The molecule has 0 radical (unpaired) electrons. The van der Waals surface area contributed by atoms with Crippen LogP contribution in [0.4, 0.5) is 0 Å². The lowest BCUT2D eigenvalue weighted by molar-refractivity contribution is -0.139. The maximum absolute atomic E-state index is 11.3. The Morgan fingerprint density at radius 3 is 2.56 bits per heavy atom. The molecule has 1 aromatic carbocycles. The molecule has 98 valence electrons. The number of carboxylic acids is 1. The number of carbonyl (C=O) groups excluding carboxylic acids is 1. The number of methoxy groups -OCH3 is 1. The molecule has 5 nitrogen and oxygen atoms in total. The monoisotopic (exact) mass is 251 g/mol. The van der Waals surface area contributed by atoms with E-state index in [0.29, 0.717) is 5.56 Å². The number of hydrogen-bond donors (Lipinski definition) is 2. The van der Waals surface area contributed by atoms with Crippen molar-refractivity contribution in [3.63, 3.8) is 0 Å². The Balaban J connectivity index is 3.13. The standard InChI is InChI=1S/C13H17NO4/c1-3-8-6-9(4-5-11(8)18-2)10(13(14)17)7-12(15)16/h4-6,10H,3,7H2,1-2H3,(H2,14,17)(H,15,16). The van der Waals surface area contributed by atoms with E-state index in [1.807, 2.05) is 6.92 Å².